The summed E-state index contributed by atoms with van der Waals surface area (Å²) in [5.41, 5.74) is 6.80. The Balaban J connectivity index is 1.43. The third-order valence-corrected chi connectivity index (χ3v) is 7.27. The number of amides is 3. The van der Waals surface area contributed by atoms with Gasteiger partial charge in [-0.25, -0.2) is 0 Å². The van der Waals surface area contributed by atoms with Gasteiger partial charge in [-0.1, -0.05) is 5.16 Å². The molecule has 0 saturated carbocycles. The van der Waals surface area contributed by atoms with Gasteiger partial charge in [0.1, 0.15) is 5.75 Å². The first-order chi connectivity index (χ1) is 21.5. The van der Waals surface area contributed by atoms with Crippen molar-refractivity contribution in [3.63, 3.8) is 0 Å². The van der Waals surface area contributed by atoms with Crippen molar-refractivity contribution in [1.82, 2.24) is 15.4 Å². The van der Waals surface area contributed by atoms with Crippen molar-refractivity contribution < 1.29 is 33.1 Å². The predicted octanol–water partition coefficient (Wildman–Crippen LogP) is 4.43. The summed E-state index contributed by atoms with van der Waals surface area (Å²) in [5, 5.41) is 9.69. The average Bonchev–Trinajstić information content (AvgIpc) is 3.41. The van der Waals surface area contributed by atoms with Crippen LogP contribution in [0, 0.1) is 0 Å². The van der Waals surface area contributed by atoms with Crippen LogP contribution in [-0.2, 0) is 9.59 Å². The number of hydrogen-bond acceptors (Lipinski definition) is 10. The fraction of sp³-hybridized carbons (Fsp3) is 0.500. The van der Waals surface area contributed by atoms with Crippen LogP contribution in [0.5, 0.6) is 17.2 Å². The molecule has 0 aliphatic heterocycles. The van der Waals surface area contributed by atoms with E-state index in [0.29, 0.717) is 65.6 Å². The molecule has 1 aromatic heterocycles. The van der Waals surface area contributed by atoms with Gasteiger partial charge in [0.25, 0.3) is 5.91 Å². The molecule has 0 radical (unpaired) electrons. The minimum absolute atomic E-state index is 0.0476. The maximum atomic E-state index is 13.0. The highest BCUT2D eigenvalue weighted by molar-refractivity contribution is 7.80. The number of carbonyl (C=O) groups is 3. The number of unbranched alkanes of at least 4 members (excludes halogenated alkanes) is 1. The highest BCUT2D eigenvalue weighted by Gasteiger charge is 2.23. The zero-order valence-corrected chi connectivity index (χ0v) is 27.5. The molecule has 45 heavy (non-hydrogen) atoms. The molecule has 12 nitrogen and oxygen atoms in total. The number of aromatic nitrogens is 1. The molecule has 13 heteroatoms. The van der Waals surface area contributed by atoms with Crippen LogP contribution in [0.2, 0.25) is 0 Å². The van der Waals surface area contributed by atoms with E-state index in [2.05, 4.69) is 28.4 Å². The minimum atomic E-state index is -0.686. The number of carbonyl (C=O) groups excluding carboxylic acids is 3. The van der Waals surface area contributed by atoms with E-state index < -0.39 is 17.9 Å². The van der Waals surface area contributed by atoms with Gasteiger partial charge in [0, 0.05) is 23.7 Å². The molecule has 0 fully saturated rings. The molecule has 4 N–H and O–H groups in total. The van der Waals surface area contributed by atoms with Gasteiger partial charge in [-0.05, 0) is 89.5 Å². The Morgan fingerprint density at radius 1 is 0.978 bits per heavy atom. The summed E-state index contributed by atoms with van der Waals surface area (Å²) >= 11 is 4.11. The van der Waals surface area contributed by atoms with Gasteiger partial charge in [-0.2, -0.15) is 12.6 Å². The van der Waals surface area contributed by atoms with E-state index in [1.54, 1.807) is 43.5 Å². The van der Waals surface area contributed by atoms with E-state index >= 15 is 0 Å². The van der Waals surface area contributed by atoms with Gasteiger partial charge >= 0.3 is 0 Å². The molecule has 3 amide bonds. The van der Waals surface area contributed by atoms with Crippen molar-refractivity contribution in [2.45, 2.75) is 71.5 Å². The van der Waals surface area contributed by atoms with Gasteiger partial charge in [-0.15, -0.1) is 0 Å². The number of hydrogen-bond donors (Lipinski definition) is 4. The largest absolute Gasteiger partial charge is 0.493 e. The van der Waals surface area contributed by atoms with Gasteiger partial charge in [0.2, 0.25) is 11.8 Å². The number of methoxy groups -OCH3 is 1. The number of benzene rings is 2. The minimum Gasteiger partial charge on any atom is -0.493 e. The second-order valence-corrected chi connectivity index (χ2v) is 11.5. The number of thiol groups is 1. The summed E-state index contributed by atoms with van der Waals surface area (Å²) in [6.45, 7) is 8.66. The number of ether oxygens (including phenoxy) is 3. The molecule has 0 aliphatic carbocycles. The highest BCUT2D eigenvalue weighted by Crippen LogP contribution is 2.30. The SMILES string of the molecule is COc1cc(C(=O)N(C(C)C)C(C)C)ccc1OCCCCOc1ccc2c(NC(=O)CNC(=O)C(N)CCCS)noc2c1. The van der Waals surface area contributed by atoms with E-state index in [1.807, 2.05) is 32.6 Å². The maximum Gasteiger partial charge on any atom is 0.254 e. The molecule has 3 rings (SSSR count). The maximum absolute atomic E-state index is 13.0. The Labute approximate surface area is 269 Å². The zero-order chi connectivity index (χ0) is 32.9. The summed E-state index contributed by atoms with van der Waals surface area (Å²) < 4.78 is 22.6. The number of fused-ring (bicyclic) bond motifs is 1. The Bertz CT molecular complexity index is 1420. The summed E-state index contributed by atoms with van der Waals surface area (Å²) in [6.07, 6.45) is 2.67. The highest BCUT2D eigenvalue weighted by atomic mass is 32.1. The van der Waals surface area contributed by atoms with Crippen LogP contribution >= 0.6 is 12.6 Å². The summed E-state index contributed by atoms with van der Waals surface area (Å²) in [6, 6.07) is 9.93. The molecule has 0 bridgehead atoms. The first kappa shape index (κ1) is 35.5. The van der Waals surface area contributed by atoms with Gasteiger partial charge in [0.05, 0.1) is 38.3 Å². The van der Waals surface area contributed by atoms with Crippen LogP contribution in [0.3, 0.4) is 0 Å². The first-order valence-corrected chi connectivity index (χ1v) is 15.8. The van der Waals surface area contributed by atoms with Crippen LogP contribution in [0.15, 0.2) is 40.9 Å². The Kier molecular flexibility index (Phi) is 13.8. The number of anilines is 1. The Morgan fingerprint density at radius 2 is 1.69 bits per heavy atom. The topological polar surface area (TPSA) is 158 Å². The van der Waals surface area contributed by atoms with E-state index in [9.17, 15) is 14.4 Å². The molecule has 0 spiro atoms. The lowest BCUT2D eigenvalue weighted by atomic mass is 10.1. The van der Waals surface area contributed by atoms with E-state index in [4.69, 9.17) is 24.5 Å². The molecule has 246 valence electrons. The molecule has 0 aliphatic rings. The third kappa shape index (κ3) is 10.3. The molecular weight excluding hydrogens is 598 g/mol. The average molecular weight is 644 g/mol. The van der Waals surface area contributed by atoms with Crippen molar-refractivity contribution in [1.29, 1.82) is 0 Å². The summed E-state index contributed by atoms with van der Waals surface area (Å²) in [5.74, 6) is 1.67. The van der Waals surface area contributed by atoms with Gasteiger partial charge < -0.3 is 40.0 Å². The van der Waals surface area contributed by atoms with Crippen LogP contribution in [0.25, 0.3) is 11.0 Å². The predicted molar refractivity (Wildman–Crippen MR) is 176 cm³/mol. The molecule has 3 aromatic rings. The fourth-order valence-electron chi connectivity index (χ4n) is 4.73. The van der Waals surface area contributed by atoms with Gasteiger partial charge in [-0.3, -0.25) is 14.4 Å². The van der Waals surface area contributed by atoms with Crippen molar-refractivity contribution in [2.24, 2.45) is 5.73 Å². The summed E-state index contributed by atoms with van der Waals surface area (Å²) in [4.78, 5) is 39.2. The molecule has 0 saturated heterocycles. The number of nitrogens with one attached hydrogen (secondary N) is 2. The Hall–Kier alpha value is -3.97. The second-order valence-electron chi connectivity index (χ2n) is 11.1. The molecule has 1 heterocycles. The molecule has 2 aromatic carbocycles. The fourth-order valence-corrected chi connectivity index (χ4v) is 4.91. The Morgan fingerprint density at radius 3 is 2.36 bits per heavy atom. The quantitative estimate of drug-likeness (QED) is 0.116. The smallest absolute Gasteiger partial charge is 0.254 e. The van der Waals surface area contributed by atoms with Crippen LogP contribution in [-0.4, -0.2) is 78.5 Å². The number of rotatable bonds is 18. The normalized spacial score (nSPS) is 11.8. The van der Waals surface area contributed by atoms with Crippen LogP contribution in [0.1, 0.15) is 63.7 Å². The molecule has 1 unspecified atom stereocenters. The second kappa shape index (κ2) is 17.5. The lowest BCUT2D eigenvalue weighted by Gasteiger charge is -2.31. The lowest BCUT2D eigenvalue weighted by molar-refractivity contribution is -0.125. The van der Waals surface area contributed by atoms with E-state index in [0.717, 1.165) is 12.8 Å². The zero-order valence-electron chi connectivity index (χ0n) is 26.6. The van der Waals surface area contributed by atoms with Crippen molar-refractivity contribution in [3.05, 3.63) is 42.0 Å². The van der Waals surface area contributed by atoms with Crippen molar-refractivity contribution >= 4 is 47.1 Å². The van der Waals surface area contributed by atoms with E-state index in [-0.39, 0.29) is 30.4 Å². The van der Waals surface area contributed by atoms with Crippen LogP contribution < -0.4 is 30.6 Å². The van der Waals surface area contributed by atoms with Crippen LogP contribution in [0.4, 0.5) is 5.82 Å². The lowest BCUT2D eigenvalue weighted by Crippen LogP contribution is -2.43. The van der Waals surface area contributed by atoms with Gasteiger partial charge in [0.15, 0.2) is 22.9 Å². The number of nitrogens with two attached hydrogens (primary N) is 1. The standard InChI is InChI=1S/C32H45N5O7S/c1-20(2)37(21(3)4)32(40)22-10-13-26(28(17-22)41-5)43-15-7-6-14-42-23-11-12-24-27(18-23)44-36-30(24)35-29(38)19-34-31(39)25(33)9-8-16-45/h10-13,17-18,20-21,25,45H,6-9,14-16,19,33H2,1-5H3,(H,34,39)(H,35,36,38). The van der Waals surface area contributed by atoms with E-state index in [1.165, 1.54) is 0 Å². The van der Waals surface area contributed by atoms with Crippen molar-refractivity contribution in [2.75, 3.05) is 37.9 Å². The van der Waals surface area contributed by atoms with Crippen molar-refractivity contribution in [3.8, 4) is 17.2 Å². The number of nitrogens with zero attached hydrogens (tertiary/aromatic N) is 2. The third-order valence-electron chi connectivity index (χ3n) is 6.96. The molecule has 1 atom stereocenters. The monoisotopic (exact) mass is 643 g/mol. The first-order valence-electron chi connectivity index (χ1n) is 15.1. The summed E-state index contributed by atoms with van der Waals surface area (Å²) in [7, 11) is 1.55. The molecular formula is C32H45N5O7S.